The Balaban J connectivity index is 2.37. The van der Waals surface area contributed by atoms with Crippen LogP contribution in [0.15, 0.2) is 0 Å². The van der Waals surface area contributed by atoms with E-state index in [0.29, 0.717) is 6.54 Å². The first kappa shape index (κ1) is 15.2. The molecular formula is C11H19F3N2O2. The molecule has 0 aromatic carbocycles. The van der Waals surface area contributed by atoms with E-state index in [1.807, 2.05) is 5.32 Å². The molecule has 1 aliphatic rings. The van der Waals surface area contributed by atoms with Crippen LogP contribution in [0.2, 0.25) is 0 Å². The molecule has 0 heterocycles. The van der Waals surface area contributed by atoms with Crippen molar-refractivity contribution in [2.75, 3.05) is 26.2 Å². The third-order valence-electron chi connectivity index (χ3n) is 3.06. The molecule has 0 radical (unpaired) electrons. The minimum atomic E-state index is -4.38. The summed E-state index contributed by atoms with van der Waals surface area (Å²) in [6, 6.07) is 0.203. The van der Waals surface area contributed by atoms with E-state index < -0.39 is 18.6 Å². The quantitative estimate of drug-likeness (QED) is 0.752. The van der Waals surface area contributed by atoms with Crippen molar-refractivity contribution in [1.82, 2.24) is 10.2 Å². The zero-order valence-corrected chi connectivity index (χ0v) is 10.2. The van der Waals surface area contributed by atoms with E-state index in [4.69, 9.17) is 5.11 Å². The van der Waals surface area contributed by atoms with E-state index in [-0.39, 0.29) is 19.2 Å². The molecule has 0 aromatic rings. The molecule has 1 saturated carbocycles. The summed E-state index contributed by atoms with van der Waals surface area (Å²) in [7, 11) is 0. The summed E-state index contributed by atoms with van der Waals surface area (Å²) in [6.45, 7) is -1.15. The topological polar surface area (TPSA) is 52.6 Å². The zero-order chi connectivity index (χ0) is 13.6. The number of nitrogens with zero attached hydrogens (tertiary/aromatic N) is 1. The molecule has 0 aliphatic heterocycles. The molecule has 4 nitrogen and oxygen atoms in total. The van der Waals surface area contributed by atoms with E-state index in [2.05, 4.69) is 0 Å². The van der Waals surface area contributed by atoms with Crippen molar-refractivity contribution in [1.29, 1.82) is 0 Å². The fraction of sp³-hybridized carbons (Fsp3) is 0.909. The second kappa shape index (κ2) is 6.94. The molecule has 0 atom stereocenters. The minimum absolute atomic E-state index is 0.0820. The molecule has 0 saturated heterocycles. The van der Waals surface area contributed by atoms with Crippen LogP contribution in [-0.2, 0) is 4.79 Å². The lowest BCUT2D eigenvalue weighted by molar-refractivity contribution is -0.139. The first-order valence-electron chi connectivity index (χ1n) is 6.11. The Hall–Kier alpha value is -0.820. The lowest BCUT2D eigenvalue weighted by Crippen LogP contribution is -2.45. The predicted octanol–water partition coefficient (Wildman–Crippen LogP) is 0.902. The summed E-state index contributed by atoms with van der Waals surface area (Å²) in [5, 5.41) is 10.8. The van der Waals surface area contributed by atoms with Gasteiger partial charge in [-0.2, -0.15) is 13.2 Å². The van der Waals surface area contributed by atoms with Gasteiger partial charge < -0.3 is 10.4 Å². The van der Waals surface area contributed by atoms with E-state index in [0.717, 1.165) is 25.7 Å². The van der Waals surface area contributed by atoms with Gasteiger partial charge in [-0.25, -0.2) is 0 Å². The molecular weight excluding hydrogens is 249 g/mol. The SMILES string of the molecule is O=C(CN(CCO)C1CCCC1)NCC(F)(F)F. The fourth-order valence-electron chi connectivity index (χ4n) is 2.23. The number of alkyl halides is 3. The van der Waals surface area contributed by atoms with Gasteiger partial charge in [-0.1, -0.05) is 12.8 Å². The van der Waals surface area contributed by atoms with Crippen LogP contribution >= 0.6 is 0 Å². The number of nitrogens with one attached hydrogen (secondary N) is 1. The van der Waals surface area contributed by atoms with Crippen LogP contribution in [0.3, 0.4) is 0 Å². The highest BCUT2D eigenvalue weighted by atomic mass is 19.4. The van der Waals surface area contributed by atoms with Crippen LogP contribution < -0.4 is 5.32 Å². The molecule has 2 N–H and O–H groups in total. The zero-order valence-electron chi connectivity index (χ0n) is 10.2. The van der Waals surface area contributed by atoms with E-state index >= 15 is 0 Å². The number of carbonyl (C=O) groups is 1. The average Bonchev–Trinajstić information content (AvgIpc) is 2.78. The van der Waals surface area contributed by atoms with Crippen LogP contribution in [0, 0.1) is 0 Å². The highest BCUT2D eigenvalue weighted by Gasteiger charge is 2.29. The van der Waals surface area contributed by atoms with Crippen LogP contribution in [0.4, 0.5) is 13.2 Å². The largest absolute Gasteiger partial charge is 0.405 e. The van der Waals surface area contributed by atoms with E-state index in [9.17, 15) is 18.0 Å². The van der Waals surface area contributed by atoms with Crippen LogP contribution in [0.25, 0.3) is 0 Å². The van der Waals surface area contributed by atoms with E-state index in [1.165, 1.54) is 0 Å². The maximum absolute atomic E-state index is 11.9. The number of aliphatic hydroxyl groups is 1. The van der Waals surface area contributed by atoms with Gasteiger partial charge in [0.25, 0.3) is 0 Å². The summed E-state index contributed by atoms with van der Waals surface area (Å²) in [5.74, 6) is -0.646. The molecule has 1 fully saturated rings. The van der Waals surface area contributed by atoms with Crippen LogP contribution in [0.1, 0.15) is 25.7 Å². The van der Waals surface area contributed by atoms with Crippen molar-refractivity contribution in [3.63, 3.8) is 0 Å². The summed E-state index contributed by atoms with van der Waals surface area (Å²) >= 11 is 0. The number of hydrogen-bond acceptors (Lipinski definition) is 3. The Morgan fingerprint density at radius 1 is 1.33 bits per heavy atom. The molecule has 1 rings (SSSR count). The Labute approximate surface area is 104 Å². The summed E-state index contributed by atoms with van der Waals surface area (Å²) in [6.07, 6.45) is -0.378. The molecule has 1 amide bonds. The van der Waals surface area contributed by atoms with E-state index in [1.54, 1.807) is 4.90 Å². The minimum Gasteiger partial charge on any atom is -0.395 e. The van der Waals surface area contributed by atoms with Crippen LogP contribution in [0.5, 0.6) is 0 Å². The monoisotopic (exact) mass is 268 g/mol. The highest BCUT2D eigenvalue weighted by molar-refractivity contribution is 5.78. The maximum Gasteiger partial charge on any atom is 0.405 e. The normalized spacial score (nSPS) is 17.4. The van der Waals surface area contributed by atoms with Gasteiger partial charge in [0.1, 0.15) is 6.54 Å². The predicted molar refractivity (Wildman–Crippen MR) is 60.0 cm³/mol. The van der Waals surface area contributed by atoms with Crippen molar-refractivity contribution in [3.8, 4) is 0 Å². The van der Waals surface area contributed by atoms with Crippen molar-refractivity contribution < 1.29 is 23.1 Å². The Morgan fingerprint density at radius 3 is 2.44 bits per heavy atom. The number of rotatable bonds is 6. The van der Waals surface area contributed by atoms with Gasteiger partial charge in [0, 0.05) is 12.6 Å². The van der Waals surface area contributed by atoms with Crippen molar-refractivity contribution in [3.05, 3.63) is 0 Å². The maximum atomic E-state index is 11.9. The third kappa shape index (κ3) is 5.68. The Bertz CT molecular complexity index is 266. The smallest absolute Gasteiger partial charge is 0.395 e. The average molecular weight is 268 g/mol. The van der Waals surface area contributed by atoms with Gasteiger partial charge >= 0.3 is 6.18 Å². The summed E-state index contributed by atoms with van der Waals surface area (Å²) < 4.78 is 35.8. The second-order valence-corrected chi connectivity index (χ2v) is 4.52. The first-order chi connectivity index (χ1) is 8.42. The molecule has 0 unspecified atom stereocenters. The van der Waals surface area contributed by atoms with Gasteiger partial charge in [0.2, 0.25) is 5.91 Å². The third-order valence-corrected chi connectivity index (χ3v) is 3.06. The lowest BCUT2D eigenvalue weighted by atomic mass is 10.2. The Kier molecular flexibility index (Phi) is 5.87. The molecule has 18 heavy (non-hydrogen) atoms. The Morgan fingerprint density at radius 2 is 1.94 bits per heavy atom. The van der Waals surface area contributed by atoms with Gasteiger partial charge in [0.15, 0.2) is 0 Å². The number of hydrogen-bond donors (Lipinski definition) is 2. The molecule has 0 aromatic heterocycles. The standard InChI is InChI=1S/C11H19F3N2O2/c12-11(13,14)8-15-10(18)7-16(5-6-17)9-3-1-2-4-9/h9,17H,1-8H2,(H,15,18). The molecule has 1 aliphatic carbocycles. The van der Waals surface area contributed by atoms with Gasteiger partial charge in [-0.15, -0.1) is 0 Å². The highest BCUT2D eigenvalue weighted by Crippen LogP contribution is 2.23. The summed E-state index contributed by atoms with van der Waals surface area (Å²) in [5.41, 5.74) is 0. The molecule has 0 bridgehead atoms. The lowest BCUT2D eigenvalue weighted by Gasteiger charge is -2.27. The molecule has 106 valence electrons. The number of amides is 1. The molecule has 0 spiro atoms. The molecule has 7 heteroatoms. The number of aliphatic hydroxyl groups excluding tert-OH is 1. The number of halogens is 3. The van der Waals surface area contributed by atoms with Crippen molar-refractivity contribution in [2.24, 2.45) is 0 Å². The number of carbonyl (C=O) groups excluding carboxylic acids is 1. The van der Waals surface area contributed by atoms with Crippen molar-refractivity contribution in [2.45, 2.75) is 37.9 Å². The second-order valence-electron chi connectivity index (χ2n) is 4.52. The van der Waals surface area contributed by atoms with Gasteiger partial charge in [0.05, 0.1) is 13.2 Å². The fourth-order valence-corrected chi connectivity index (χ4v) is 2.23. The van der Waals surface area contributed by atoms with Gasteiger partial charge in [-0.05, 0) is 12.8 Å². The first-order valence-corrected chi connectivity index (χ1v) is 6.11. The van der Waals surface area contributed by atoms with Crippen LogP contribution in [-0.4, -0.2) is 54.4 Å². The summed E-state index contributed by atoms with van der Waals surface area (Å²) in [4.78, 5) is 13.2. The van der Waals surface area contributed by atoms with Crippen molar-refractivity contribution >= 4 is 5.91 Å². The van der Waals surface area contributed by atoms with Gasteiger partial charge in [-0.3, -0.25) is 9.69 Å².